The molecule has 0 saturated heterocycles. The number of halogens is 1. The molecule has 0 spiro atoms. The molecule has 11 heteroatoms. The number of aromatic nitrogens is 3. The highest BCUT2D eigenvalue weighted by Gasteiger charge is 2.23. The Morgan fingerprint density at radius 2 is 1.88 bits per heavy atom. The first-order valence-electron chi connectivity index (χ1n) is 11.5. The SMILES string of the molecule is CCCC(C)Oc1cc(-n2nc(COC(=O)NC)n(C)c2=O)c(F)cc1C(=O)NC(CC)CC. The van der Waals surface area contributed by atoms with Crippen LogP contribution in [-0.4, -0.2) is 45.5 Å². The van der Waals surface area contributed by atoms with E-state index in [1.54, 1.807) is 0 Å². The van der Waals surface area contributed by atoms with Crippen LogP contribution < -0.4 is 21.1 Å². The van der Waals surface area contributed by atoms with Crippen LogP contribution in [-0.2, 0) is 18.4 Å². The maximum Gasteiger partial charge on any atom is 0.407 e. The Labute approximate surface area is 198 Å². The number of benzene rings is 1. The molecule has 1 aromatic carbocycles. The van der Waals surface area contributed by atoms with Crippen LogP contribution in [0, 0.1) is 5.82 Å². The predicted molar refractivity (Wildman–Crippen MR) is 125 cm³/mol. The highest BCUT2D eigenvalue weighted by molar-refractivity contribution is 5.97. The second-order valence-corrected chi connectivity index (χ2v) is 8.00. The molecule has 1 unspecified atom stereocenters. The van der Waals surface area contributed by atoms with Gasteiger partial charge in [0.05, 0.1) is 11.7 Å². The summed E-state index contributed by atoms with van der Waals surface area (Å²) in [4.78, 5) is 37.1. The predicted octanol–water partition coefficient (Wildman–Crippen LogP) is 3.05. The van der Waals surface area contributed by atoms with E-state index in [0.717, 1.165) is 41.0 Å². The minimum atomic E-state index is -0.816. The first-order chi connectivity index (χ1) is 16.2. The minimum Gasteiger partial charge on any atom is -0.490 e. The lowest BCUT2D eigenvalue weighted by molar-refractivity contribution is 0.0927. The third-order valence-electron chi connectivity index (χ3n) is 5.47. The smallest absolute Gasteiger partial charge is 0.407 e. The molecule has 0 aliphatic carbocycles. The molecule has 1 heterocycles. The van der Waals surface area contributed by atoms with Crippen molar-refractivity contribution in [3.8, 4) is 11.4 Å². The van der Waals surface area contributed by atoms with Gasteiger partial charge in [-0.2, -0.15) is 4.68 Å². The molecule has 0 aliphatic heterocycles. The molecule has 2 aromatic rings. The molecule has 1 atom stereocenters. The summed E-state index contributed by atoms with van der Waals surface area (Å²) in [5.74, 6) is -0.998. The van der Waals surface area contributed by atoms with Gasteiger partial charge in [-0.25, -0.2) is 14.0 Å². The monoisotopic (exact) mass is 479 g/mol. The molecule has 1 aromatic heterocycles. The second-order valence-electron chi connectivity index (χ2n) is 8.00. The van der Waals surface area contributed by atoms with E-state index in [1.165, 1.54) is 20.2 Å². The maximum atomic E-state index is 15.2. The maximum absolute atomic E-state index is 15.2. The first-order valence-corrected chi connectivity index (χ1v) is 11.5. The van der Waals surface area contributed by atoms with Gasteiger partial charge in [-0.15, -0.1) is 5.10 Å². The van der Waals surface area contributed by atoms with Crippen LogP contribution in [0.2, 0.25) is 0 Å². The number of amides is 2. The first kappa shape index (κ1) is 26.9. The summed E-state index contributed by atoms with van der Waals surface area (Å²) in [6.07, 6.45) is 2.12. The average Bonchev–Trinajstić information content (AvgIpc) is 3.10. The van der Waals surface area contributed by atoms with Gasteiger partial charge in [0.25, 0.3) is 5.91 Å². The number of nitrogens with zero attached hydrogens (tertiary/aromatic N) is 3. The molecular formula is C23H34FN5O5. The summed E-state index contributed by atoms with van der Waals surface area (Å²) < 4.78 is 28.2. The number of nitrogens with one attached hydrogen (secondary N) is 2. The molecule has 188 valence electrons. The van der Waals surface area contributed by atoms with Crippen molar-refractivity contribution in [2.45, 2.75) is 72.1 Å². The van der Waals surface area contributed by atoms with Crippen LogP contribution in [0.15, 0.2) is 16.9 Å². The van der Waals surface area contributed by atoms with E-state index in [1.807, 2.05) is 27.7 Å². The van der Waals surface area contributed by atoms with Gasteiger partial charge >= 0.3 is 11.8 Å². The highest BCUT2D eigenvalue weighted by atomic mass is 19.1. The van der Waals surface area contributed by atoms with Gasteiger partial charge in [-0.1, -0.05) is 27.2 Å². The highest BCUT2D eigenvalue weighted by Crippen LogP contribution is 2.27. The summed E-state index contributed by atoms with van der Waals surface area (Å²) in [7, 11) is 2.84. The summed E-state index contributed by atoms with van der Waals surface area (Å²) in [6, 6.07) is 2.31. The second kappa shape index (κ2) is 12.2. The normalized spacial score (nSPS) is 11.9. The molecule has 2 amide bonds. The lowest BCUT2D eigenvalue weighted by Gasteiger charge is -2.20. The molecule has 0 aliphatic rings. The van der Waals surface area contributed by atoms with E-state index < -0.39 is 23.5 Å². The van der Waals surface area contributed by atoms with Crippen LogP contribution in [0.1, 0.15) is 69.6 Å². The number of rotatable bonds is 11. The van der Waals surface area contributed by atoms with Gasteiger partial charge in [-0.05, 0) is 32.3 Å². The van der Waals surface area contributed by atoms with Crippen molar-refractivity contribution in [3.63, 3.8) is 0 Å². The van der Waals surface area contributed by atoms with E-state index in [4.69, 9.17) is 9.47 Å². The number of carbonyl (C=O) groups is 2. The molecule has 0 bridgehead atoms. The van der Waals surface area contributed by atoms with Crippen LogP contribution in [0.3, 0.4) is 0 Å². The fourth-order valence-corrected chi connectivity index (χ4v) is 3.38. The molecule has 2 N–H and O–H groups in total. The Hall–Kier alpha value is -3.37. The summed E-state index contributed by atoms with van der Waals surface area (Å²) >= 11 is 0. The van der Waals surface area contributed by atoms with Crippen molar-refractivity contribution in [2.75, 3.05) is 7.05 Å². The number of ether oxygens (including phenoxy) is 2. The zero-order chi connectivity index (χ0) is 25.4. The lowest BCUT2D eigenvalue weighted by atomic mass is 10.1. The largest absolute Gasteiger partial charge is 0.490 e. The summed E-state index contributed by atoms with van der Waals surface area (Å²) in [5, 5.41) is 9.31. The fourth-order valence-electron chi connectivity index (χ4n) is 3.38. The van der Waals surface area contributed by atoms with Crippen molar-refractivity contribution < 1.29 is 23.5 Å². The average molecular weight is 480 g/mol. The molecule has 2 rings (SSSR count). The molecule has 34 heavy (non-hydrogen) atoms. The van der Waals surface area contributed by atoms with E-state index in [0.29, 0.717) is 0 Å². The Kier molecular flexibility index (Phi) is 9.64. The third-order valence-corrected chi connectivity index (χ3v) is 5.47. The summed E-state index contributed by atoms with van der Waals surface area (Å²) in [5.41, 5.74) is -0.774. The van der Waals surface area contributed by atoms with Gasteiger partial charge in [0.2, 0.25) is 0 Å². The van der Waals surface area contributed by atoms with Gasteiger partial charge in [0.1, 0.15) is 17.3 Å². The number of hydrogen-bond donors (Lipinski definition) is 2. The lowest BCUT2D eigenvalue weighted by Crippen LogP contribution is -2.34. The quantitative estimate of drug-likeness (QED) is 0.512. The molecule has 0 radical (unpaired) electrons. The Morgan fingerprint density at radius 1 is 1.21 bits per heavy atom. The van der Waals surface area contributed by atoms with E-state index >= 15 is 4.39 Å². The summed E-state index contributed by atoms with van der Waals surface area (Å²) in [6.45, 7) is 7.49. The van der Waals surface area contributed by atoms with E-state index in [2.05, 4.69) is 15.7 Å². The molecule has 10 nitrogen and oxygen atoms in total. The van der Waals surface area contributed by atoms with Crippen molar-refractivity contribution >= 4 is 12.0 Å². The van der Waals surface area contributed by atoms with Crippen LogP contribution in [0.4, 0.5) is 9.18 Å². The van der Waals surface area contributed by atoms with Crippen molar-refractivity contribution in [1.29, 1.82) is 0 Å². The van der Waals surface area contributed by atoms with E-state index in [9.17, 15) is 14.4 Å². The molecule has 0 saturated carbocycles. The Morgan fingerprint density at radius 3 is 2.47 bits per heavy atom. The van der Waals surface area contributed by atoms with Crippen molar-refractivity contribution in [2.24, 2.45) is 7.05 Å². The number of hydrogen-bond acceptors (Lipinski definition) is 6. The molecule has 0 fully saturated rings. The minimum absolute atomic E-state index is 0.0447. The van der Waals surface area contributed by atoms with Gasteiger partial charge in [-0.3, -0.25) is 9.36 Å². The fraction of sp³-hybridized carbons (Fsp3) is 0.565. The van der Waals surface area contributed by atoms with Crippen LogP contribution in [0.25, 0.3) is 5.69 Å². The zero-order valence-corrected chi connectivity index (χ0v) is 20.6. The third kappa shape index (κ3) is 6.36. The Bertz CT molecular complexity index is 1060. The van der Waals surface area contributed by atoms with E-state index in [-0.39, 0.29) is 41.6 Å². The number of carbonyl (C=O) groups excluding carboxylic acids is 2. The van der Waals surface area contributed by atoms with Gasteiger partial charge < -0.3 is 20.1 Å². The standard InChI is InChI=1S/C23H34FN5O5/c1-7-10-14(4)34-19-12-18(17(24)11-16(19)21(30)26-15(8-2)9-3)29-23(32)28(6)20(27-29)13-33-22(31)25-5/h11-12,14-15H,7-10,13H2,1-6H3,(H,25,31)(H,26,30). The number of alkyl carbamates (subject to hydrolysis) is 1. The van der Waals surface area contributed by atoms with Crippen molar-refractivity contribution in [3.05, 3.63) is 39.8 Å². The van der Waals surface area contributed by atoms with Gasteiger partial charge in [0.15, 0.2) is 12.4 Å². The molecular weight excluding hydrogens is 445 g/mol. The topological polar surface area (TPSA) is 116 Å². The van der Waals surface area contributed by atoms with Crippen LogP contribution >= 0.6 is 0 Å². The van der Waals surface area contributed by atoms with Crippen LogP contribution in [0.5, 0.6) is 5.75 Å². The van der Waals surface area contributed by atoms with Gasteiger partial charge in [0, 0.05) is 26.2 Å². The Balaban J connectivity index is 2.53. The van der Waals surface area contributed by atoms with Crippen molar-refractivity contribution in [1.82, 2.24) is 25.0 Å². The zero-order valence-electron chi connectivity index (χ0n) is 20.6.